The predicted molar refractivity (Wildman–Crippen MR) is 93.5 cm³/mol. The van der Waals surface area contributed by atoms with Crippen molar-refractivity contribution in [1.29, 1.82) is 0 Å². The van der Waals surface area contributed by atoms with Crippen LogP contribution in [0.4, 0.5) is 10.2 Å². The van der Waals surface area contributed by atoms with Crippen LogP contribution in [-0.4, -0.2) is 46.1 Å². The Morgan fingerprint density at radius 3 is 2.92 bits per heavy atom. The largest absolute Gasteiger partial charge is 0.372 e. The molecule has 0 spiro atoms. The van der Waals surface area contributed by atoms with Crippen LogP contribution in [-0.2, 0) is 5.67 Å². The summed E-state index contributed by atoms with van der Waals surface area (Å²) in [6.45, 7) is 2.23. The normalized spacial score (nSPS) is 20.4. The van der Waals surface area contributed by atoms with E-state index in [0.717, 1.165) is 0 Å². The highest BCUT2D eigenvalue weighted by Gasteiger charge is 2.41. The fourth-order valence-corrected chi connectivity index (χ4v) is 3.39. The van der Waals surface area contributed by atoms with Gasteiger partial charge in [0.15, 0.2) is 5.67 Å². The van der Waals surface area contributed by atoms with Gasteiger partial charge in [-0.15, -0.1) is 5.10 Å². The molecule has 8 heteroatoms. The number of halogens is 2. The summed E-state index contributed by atoms with van der Waals surface area (Å²) in [7, 11) is 1.70. The van der Waals surface area contributed by atoms with Crippen LogP contribution in [0.2, 0.25) is 5.02 Å². The third-order valence-corrected chi connectivity index (χ3v) is 4.56. The van der Waals surface area contributed by atoms with Crippen LogP contribution in [0.5, 0.6) is 0 Å². The summed E-state index contributed by atoms with van der Waals surface area (Å²) in [5.41, 5.74) is -0.274. The second-order valence-corrected chi connectivity index (χ2v) is 6.63. The lowest BCUT2D eigenvalue weighted by Crippen LogP contribution is -2.47. The molecule has 1 N–H and O–H groups in total. The molecule has 1 unspecified atom stereocenters. The Labute approximate surface area is 150 Å². The number of hydrogen-bond donors (Lipinski definition) is 1. The Hall–Kier alpha value is -2.28. The molecule has 1 aliphatic heterocycles. The van der Waals surface area contributed by atoms with Gasteiger partial charge in [0.25, 0.3) is 5.91 Å². The number of pyridine rings is 1. The van der Waals surface area contributed by atoms with Crippen molar-refractivity contribution in [2.24, 2.45) is 0 Å². The number of carbonyl (C=O) groups excluding carboxylic acids is 1. The summed E-state index contributed by atoms with van der Waals surface area (Å²) in [5, 5.41) is 11.0. The van der Waals surface area contributed by atoms with E-state index in [1.807, 2.05) is 0 Å². The monoisotopic (exact) mass is 363 g/mol. The minimum absolute atomic E-state index is 0.0431. The number of aromatic nitrogens is 3. The van der Waals surface area contributed by atoms with Crippen LogP contribution in [0.15, 0.2) is 24.5 Å². The zero-order valence-electron chi connectivity index (χ0n) is 14.1. The third kappa shape index (κ3) is 3.56. The SMILES string of the molecule is CNc1cc(C(=O)N2CCCC(F)(c3ncc(Cl)cc3C)C2)cnn1. The fourth-order valence-electron chi connectivity index (χ4n) is 3.18. The minimum atomic E-state index is -1.69. The zero-order valence-corrected chi connectivity index (χ0v) is 14.8. The predicted octanol–water partition coefficient (Wildman–Crippen LogP) is 2.98. The first kappa shape index (κ1) is 17.5. The molecular formula is C17H19ClFN5O. The molecule has 0 radical (unpaired) electrons. The van der Waals surface area contributed by atoms with Gasteiger partial charge in [0.2, 0.25) is 0 Å². The molecule has 0 saturated carbocycles. The molecule has 0 aromatic carbocycles. The van der Waals surface area contributed by atoms with Crippen molar-refractivity contribution < 1.29 is 9.18 Å². The number of rotatable bonds is 3. The Balaban J connectivity index is 1.86. The van der Waals surface area contributed by atoms with Crippen molar-refractivity contribution >= 4 is 23.3 Å². The van der Waals surface area contributed by atoms with Gasteiger partial charge >= 0.3 is 0 Å². The highest BCUT2D eigenvalue weighted by molar-refractivity contribution is 6.30. The van der Waals surface area contributed by atoms with Crippen molar-refractivity contribution in [3.05, 3.63) is 46.4 Å². The second-order valence-electron chi connectivity index (χ2n) is 6.19. The zero-order chi connectivity index (χ0) is 18.0. The molecule has 3 heterocycles. The van der Waals surface area contributed by atoms with Crippen LogP contribution >= 0.6 is 11.6 Å². The Kier molecular flexibility index (Phi) is 4.85. The molecule has 132 valence electrons. The van der Waals surface area contributed by atoms with Crippen LogP contribution in [0.1, 0.15) is 34.5 Å². The Morgan fingerprint density at radius 2 is 2.20 bits per heavy atom. The number of aryl methyl sites for hydroxylation is 1. The quantitative estimate of drug-likeness (QED) is 0.907. The highest BCUT2D eigenvalue weighted by atomic mass is 35.5. The van der Waals surface area contributed by atoms with Crippen molar-refractivity contribution in [3.8, 4) is 0 Å². The number of nitrogens with one attached hydrogen (secondary N) is 1. The molecule has 0 aliphatic carbocycles. The molecule has 6 nitrogen and oxygen atoms in total. The maximum Gasteiger partial charge on any atom is 0.255 e. The summed E-state index contributed by atoms with van der Waals surface area (Å²) in [6, 6.07) is 3.30. The van der Waals surface area contributed by atoms with Gasteiger partial charge in [-0.25, -0.2) is 4.39 Å². The first-order chi connectivity index (χ1) is 11.9. The first-order valence-electron chi connectivity index (χ1n) is 8.04. The van der Waals surface area contributed by atoms with Crippen molar-refractivity contribution in [2.45, 2.75) is 25.4 Å². The molecule has 2 aromatic heterocycles. The van der Waals surface area contributed by atoms with E-state index >= 15 is 4.39 Å². The molecule has 1 atom stereocenters. The molecular weight excluding hydrogens is 345 g/mol. The fraction of sp³-hybridized carbons (Fsp3) is 0.412. The summed E-state index contributed by atoms with van der Waals surface area (Å²) >= 11 is 5.92. The van der Waals surface area contributed by atoms with E-state index in [1.54, 1.807) is 26.1 Å². The first-order valence-corrected chi connectivity index (χ1v) is 8.42. The van der Waals surface area contributed by atoms with Gasteiger partial charge in [0, 0.05) is 19.8 Å². The smallest absolute Gasteiger partial charge is 0.255 e. The van der Waals surface area contributed by atoms with E-state index < -0.39 is 5.67 Å². The van der Waals surface area contributed by atoms with Crippen molar-refractivity contribution in [2.75, 3.05) is 25.5 Å². The van der Waals surface area contributed by atoms with E-state index in [4.69, 9.17) is 11.6 Å². The van der Waals surface area contributed by atoms with Gasteiger partial charge < -0.3 is 10.2 Å². The van der Waals surface area contributed by atoms with Crippen LogP contribution in [0.3, 0.4) is 0 Å². The number of amides is 1. The van der Waals surface area contributed by atoms with E-state index in [2.05, 4.69) is 20.5 Å². The van der Waals surface area contributed by atoms with Crippen LogP contribution in [0.25, 0.3) is 0 Å². The van der Waals surface area contributed by atoms with E-state index in [-0.39, 0.29) is 12.5 Å². The molecule has 1 amide bonds. The van der Waals surface area contributed by atoms with Gasteiger partial charge in [-0.2, -0.15) is 5.10 Å². The highest BCUT2D eigenvalue weighted by Crippen LogP contribution is 2.37. The number of nitrogens with zero attached hydrogens (tertiary/aromatic N) is 4. The third-order valence-electron chi connectivity index (χ3n) is 4.36. The van der Waals surface area contributed by atoms with Gasteiger partial charge in [-0.1, -0.05) is 11.6 Å². The van der Waals surface area contributed by atoms with Crippen molar-refractivity contribution in [1.82, 2.24) is 20.1 Å². The number of anilines is 1. The van der Waals surface area contributed by atoms with E-state index in [0.29, 0.717) is 47.0 Å². The van der Waals surface area contributed by atoms with Gasteiger partial charge in [0.05, 0.1) is 29.0 Å². The summed E-state index contributed by atoms with van der Waals surface area (Å²) < 4.78 is 15.6. The minimum Gasteiger partial charge on any atom is -0.372 e. The standard InChI is InChI=1S/C17H19ClFN5O/c1-11-6-13(18)9-21-15(11)17(19)4-3-5-24(10-17)16(25)12-7-14(20-2)23-22-8-12/h6-9H,3-5,10H2,1-2H3,(H,20,23). The number of piperidine rings is 1. The Morgan fingerprint density at radius 1 is 1.40 bits per heavy atom. The van der Waals surface area contributed by atoms with Crippen LogP contribution < -0.4 is 5.32 Å². The average molecular weight is 364 g/mol. The molecule has 3 rings (SSSR count). The molecule has 1 fully saturated rings. The summed E-state index contributed by atoms with van der Waals surface area (Å²) in [5.74, 6) is 0.226. The number of alkyl halides is 1. The van der Waals surface area contributed by atoms with E-state index in [1.165, 1.54) is 17.3 Å². The maximum absolute atomic E-state index is 15.6. The second kappa shape index (κ2) is 6.92. The number of carbonyl (C=O) groups is 1. The lowest BCUT2D eigenvalue weighted by atomic mass is 9.88. The lowest BCUT2D eigenvalue weighted by Gasteiger charge is -2.37. The van der Waals surface area contributed by atoms with Gasteiger partial charge in [-0.05, 0) is 37.5 Å². The molecule has 2 aromatic rings. The topological polar surface area (TPSA) is 71.0 Å². The maximum atomic E-state index is 15.6. The molecule has 25 heavy (non-hydrogen) atoms. The van der Waals surface area contributed by atoms with Gasteiger partial charge in [-0.3, -0.25) is 9.78 Å². The summed E-state index contributed by atoms with van der Waals surface area (Å²) in [4.78, 5) is 18.4. The van der Waals surface area contributed by atoms with E-state index in [9.17, 15) is 4.79 Å². The number of hydrogen-bond acceptors (Lipinski definition) is 5. The van der Waals surface area contributed by atoms with Crippen LogP contribution in [0, 0.1) is 6.92 Å². The molecule has 1 saturated heterocycles. The van der Waals surface area contributed by atoms with Crippen molar-refractivity contribution in [3.63, 3.8) is 0 Å². The van der Waals surface area contributed by atoms with Gasteiger partial charge in [0.1, 0.15) is 5.82 Å². The lowest BCUT2D eigenvalue weighted by molar-refractivity contribution is 0.0301. The molecule has 0 bridgehead atoms. The number of likely N-dealkylation sites (tertiary alicyclic amines) is 1. The summed E-state index contributed by atoms with van der Waals surface area (Å²) in [6.07, 6.45) is 3.72. The molecule has 1 aliphatic rings. The average Bonchev–Trinajstić information content (AvgIpc) is 2.61. The Bertz CT molecular complexity index is 802.